The maximum atomic E-state index is 5.55. The minimum atomic E-state index is 0.556. The molecule has 0 spiro atoms. The van der Waals surface area contributed by atoms with Gasteiger partial charge in [0.25, 0.3) is 0 Å². The largest absolute Gasteiger partial charge is 0.444 e. The number of hydrogen-bond donors (Lipinski definition) is 0. The molecule has 0 bridgehead atoms. The number of nitrogens with zero attached hydrogens (tertiary/aromatic N) is 4. The molecule has 0 radical (unpaired) electrons. The third-order valence-electron chi connectivity index (χ3n) is 2.93. The first-order valence-corrected chi connectivity index (χ1v) is 7.00. The molecule has 0 atom stereocenters. The lowest BCUT2D eigenvalue weighted by Crippen LogP contribution is -2.04. The van der Waals surface area contributed by atoms with Crippen molar-refractivity contribution in [1.82, 2.24) is 19.7 Å². The molecule has 0 unspecified atom stereocenters. The summed E-state index contributed by atoms with van der Waals surface area (Å²) in [5.41, 5.74) is 1.76. The van der Waals surface area contributed by atoms with Gasteiger partial charge in [0.15, 0.2) is 0 Å². The molecule has 0 fully saturated rings. The van der Waals surface area contributed by atoms with Gasteiger partial charge in [-0.3, -0.25) is 0 Å². The highest BCUT2D eigenvalue weighted by atomic mass is 79.9. The number of rotatable bonds is 3. The van der Waals surface area contributed by atoms with E-state index >= 15 is 0 Å². The average Bonchev–Trinajstić information content (AvgIpc) is 2.98. The fourth-order valence-corrected chi connectivity index (χ4v) is 2.46. The maximum absolute atomic E-state index is 5.55. The maximum Gasteiger partial charge on any atom is 0.227 e. The Morgan fingerprint density at radius 1 is 1.20 bits per heavy atom. The zero-order valence-corrected chi connectivity index (χ0v) is 12.8. The van der Waals surface area contributed by atoms with E-state index in [0.29, 0.717) is 12.4 Å². The van der Waals surface area contributed by atoms with Crippen molar-refractivity contribution in [2.75, 3.05) is 0 Å². The number of halogens is 1. The molecular formula is C14H13BrN4O. The SMILES string of the molecule is Cc1nc(C)n(Cc2coc(-c3ccccc3Br)n2)n1. The summed E-state index contributed by atoms with van der Waals surface area (Å²) < 4.78 is 8.32. The molecule has 0 aliphatic carbocycles. The first kappa shape index (κ1) is 13.1. The Labute approximate surface area is 124 Å². The van der Waals surface area contributed by atoms with Gasteiger partial charge in [-0.1, -0.05) is 12.1 Å². The van der Waals surface area contributed by atoms with Crippen LogP contribution >= 0.6 is 15.9 Å². The van der Waals surface area contributed by atoms with Crippen molar-refractivity contribution in [2.24, 2.45) is 0 Å². The van der Waals surface area contributed by atoms with Gasteiger partial charge < -0.3 is 4.42 Å². The van der Waals surface area contributed by atoms with Crippen LogP contribution in [0.2, 0.25) is 0 Å². The number of aromatic nitrogens is 4. The number of hydrogen-bond acceptors (Lipinski definition) is 4. The van der Waals surface area contributed by atoms with E-state index in [0.717, 1.165) is 27.4 Å². The van der Waals surface area contributed by atoms with E-state index in [1.807, 2.05) is 42.8 Å². The topological polar surface area (TPSA) is 56.7 Å². The summed E-state index contributed by atoms with van der Waals surface area (Å²) in [5.74, 6) is 2.23. The van der Waals surface area contributed by atoms with Crippen LogP contribution in [0.3, 0.4) is 0 Å². The van der Waals surface area contributed by atoms with E-state index in [9.17, 15) is 0 Å². The summed E-state index contributed by atoms with van der Waals surface area (Å²) in [5, 5.41) is 4.32. The quantitative estimate of drug-likeness (QED) is 0.737. The lowest BCUT2D eigenvalue weighted by Gasteiger charge is -1.99. The molecule has 102 valence electrons. The molecule has 6 heteroatoms. The predicted octanol–water partition coefficient (Wildman–Crippen LogP) is 3.36. The van der Waals surface area contributed by atoms with Crippen LogP contribution in [0.5, 0.6) is 0 Å². The monoisotopic (exact) mass is 332 g/mol. The van der Waals surface area contributed by atoms with Crippen LogP contribution in [0.1, 0.15) is 17.3 Å². The molecule has 5 nitrogen and oxygen atoms in total. The predicted molar refractivity (Wildman–Crippen MR) is 78.2 cm³/mol. The van der Waals surface area contributed by atoms with Crippen LogP contribution in [0.15, 0.2) is 39.4 Å². The molecule has 20 heavy (non-hydrogen) atoms. The summed E-state index contributed by atoms with van der Waals surface area (Å²) in [4.78, 5) is 8.77. The second kappa shape index (κ2) is 5.20. The minimum absolute atomic E-state index is 0.556. The van der Waals surface area contributed by atoms with Crippen LogP contribution in [-0.4, -0.2) is 19.7 Å². The van der Waals surface area contributed by atoms with Gasteiger partial charge in [0.05, 0.1) is 12.1 Å². The Morgan fingerprint density at radius 3 is 2.70 bits per heavy atom. The van der Waals surface area contributed by atoms with E-state index in [2.05, 4.69) is 31.0 Å². The molecule has 2 heterocycles. The van der Waals surface area contributed by atoms with Crippen LogP contribution in [0, 0.1) is 13.8 Å². The average molecular weight is 333 g/mol. The van der Waals surface area contributed by atoms with Crippen molar-refractivity contribution in [3.05, 3.63) is 52.3 Å². The van der Waals surface area contributed by atoms with Gasteiger partial charge in [-0.05, 0) is 41.9 Å². The van der Waals surface area contributed by atoms with Gasteiger partial charge >= 0.3 is 0 Å². The van der Waals surface area contributed by atoms with Gasteiger partial charge in [0.2, 0.25) is 5.89 Å². The second-order valence-corrected chi connectivity index (χ2v) is 5.34. The molecule has 3 aromatic rings. The smallest absolute Gasteiger partial charge is 0.227 e. The number of aryl methyl sites for hydroxylation is 2. The lowest BCUT2D eigenvalue weighted by molar-refractivity contribution is 0.568. The Kier molecular flexibility index (Phi) is 3.40. The molecule has 0 aliphatic heterocycles. The van der Waals surface area contributed by atoms with Gasteiger partial charge in [-0.15, -0.1) is 0 Å². The zero-order chi connectivity index (χ0) is 14.1. The van der Waals surface area contributed by atoms with Crippen molar-refractivity contribution >= 4 is 15.9 Å². The fraction of sp³-hybridized carbons (Fsp3) is 0.214. The fourth-order valence-electron chi connectivity index (χ4n) is 2.00. The molecule has 0 N–H and O–H groups in total. The summed E-state index contributed by atoms with van der Waals surface area (Å²) in [6, 6.07) is 7.84. The van der Waals surface area contributed by atoms with Crippen LogP contribution in [0.25, 0.3) is 11.5 Å². The van der Waals surface area contributed by atoms with Crippen molar-refractivity contribution < 1.29 is 4.42 Å². The molecule has 0 saturated carbocycles. The zero-order valence-electron chi connectivity index (χ0n) is 11.2. The van der Waals surface area contributed by atoms with Gasteiger partial charge in [-0.25, -0.2) is 14.6 Å². The van der Waals surface area contributed by atoms with E-state index in [4.69, 9.17) is 4.42 Å². The summed E-state index contributed by atoms with van der Waals surface area (Å²) in [6.07, 6.45) is 1.66. The molecule has 1 aromatic carbocycles. The van der Waals surface area contributed by atoms with Gasteiger partial charge in [-0.2, -0.15) is 5.10 Å². The Bertz CT molecular complexity index is 747. The van der Waals surface area contributed by atoms with Crippen molar-refractivity contribution in [3.8, 4) is 11.5 Å². The molecule has 2 aromatic heterocycles. The van der Waals surface area contributed by atoms with E-state index in [-0.39, 0.29) is 0 Å². The number of benzene rings is 1. The first-order valence-electron chi connectivity index (χ1n) is 6.21. The normalized spacial score (nSPS) is 10.9. The summed E-state index contributed by atoms with van der Waals surface area (Å²) in [7, 11) is 0. The Balaban J connectivity index is 1.88. The molecule has 3 rings (SSSR count). The second-order valence-electron chi connectivity index (χ2n) is 4.49. The summed E-state index contributed by atoms with van der Waals surface area (Å²) in [6.45, 7) is 4.36. The van der Waals surface area contributed by atoms with Gasteiger partial charge in [0.1, 0.15) is 23.6 Å². The third kappa shape index (κ3) is 2.51. The van der Waals surface area contributed by atoms with Crippen LogP contribution in [-0.2, 0) is 6.54 Å². The third-order valence-corrected chi connectivity index (χ3v) is 3.62. The standard InChI is InChI=1S/C14H13BrN4O/c1-9-16-10(2)19(18-9)7-11-8-20-14(17-11)12-5-3-4-6-13(12)15/h3-6,8H,7H2,1-2H3. The van der Waals surface area contributed by atoms with Gasteiger partial charge in [0, 0.05) is 4.47 Å². The molecule has 0 aliphatic rings. The highest BCUT2D eigenvalue weighted by Gasteiger charge is 2.11. The van der Waals surface area contributed by atoms with Crippen molar-refractivity contribution in [3.63, 3.8) is 0 Å². The van der Waals surface area contributed by atoms with Crippen LogP contribution in [0.4, 0.5) is 0 Å². The lowest BCUT2D eigenvalue weighted by atomic mass is 10.2. The first-order chi connectivity index (χ1) is 9.63. The summed E-state index contributed by atoms with van der Waals surface area (Å²) >= 11 is 3.50. The van der Waals surface area contributed by atoms with E-state index in [1.54, 1.807) is 6.26 Å². The Hall–Kier alpha value is -1.95. The van der Waals surface area contributed by atoms with E-state index in [1.165, 1.54) is 0 Å². The highest BCUT2D eigenvalue weighted by Crippen LogP contribution is 2.27. The van der Waals surface area contributed by atoms with Crippen molar-refractivity contribution in [2.45, 2.75) is 20.4 Å². The highest BCUT2D eigenvalue weighted by molar-refractivity contribution is 9.10. The molecular weight excluding hydrogens is 320 g/mol. The number of oxazole rings is 1. The van der Waals surface area contributed by atoms with Crippen molar-refractivity contribution in [1.29, 1.82) is 0 Å². The van der Waals surface area contributed by atoms with E-state index < -0.39 is 0 Å². The molecule has 0 amide bonds. The molecule has 0 saturated heterocycles. The van der Waals surface area contributed by atoms with Crippen LogP contribution < -0.4 is 0 Å². The Morgan fingerprint density at radius 2 is 2.00 bits per heavy atom. The minimum Gasteiger partial charge on any atom is -0.444 e.